The van der Waals surface area contributed by atoms with E-state index in [9.17, 15) is 4.79 Å². The van der Waals surface area contributed by atoms with E-state index in [2.05, 4.69) is 30.1 Å². The summed E-state index contributed by atoms with van der Waals surface area (Å²) in [6.45, 7) is 7.29. The van der Waals surface area contributed by atoms with Gasteiger partial charge in [0.05, 0.1) is 6.42 Å². The second-order valence-corrected chi connectivity index (χ2v) is 5.33. The van der Waals surface area contributed by atoms with E-state index in [1.54, 1.807) is 0 Å². The number of likely N-dealkylation sites (N-methyl/N-ethyl adjacent to an activating group) is 1. The molecule has 1 aromatic carbocycles. The van der Waals surface area contributed by atoms with Crippen LogP contribution in [-0.4, -0.2) is 36.5 Å². The van der Waals surface area contributed by atoms with E-state index in [1.165, 1.54) is 24.9 Å². The Morgan fingerprint density at radius 2 is 2.21 bits per heavy atom. The summed E-state index contributed by atoms with van der Waals surface area (Å²) < 4.78 is 0. The van der Waals surface area contributed by atoms with Crippen molar-refractivity contribution in [1.82, 2.24) is 10.2 Å². The molecule has 1 fully saturated rings. The maximum absolute atomic E-state index is 12.0. The SMILES string of the molecule is CCN1CCC[C@H]1CNC(=O)Cc1ccccc1C. The standard InChI is InChI=1S/C16H24N2O/c1-3-18-10-6-9-15(18)12-17-16(19)11-14-8-5-4-7-13(14)2/h4-5,7-8,15H,3,6,9-12H2,1-2H3,(H,17,19)/t15-/m0/s1. The monoisotopic (exact) mass is 260 g/mol. The zero-order valence-electron chi connectivity index (χ0n) is 12.0. The Kier molecular flexibility index (Phi) is 4.97. The summed E-state index contributed by atoms with van der Waals surface area (Å²) in [4.78, 5) is 14.4. The molecule has 3 nitrogen and oxygen atoms in total. The smallest absolute Gasteiger partial charge is 0.224 e. The van der Waals surface area contributed by atoms with E-state index in [0.29, 0.717) is 12.5 Å². The third-order valence-electron chi connectivity index (χ3n) is 4.05. The van der Waals surface area contributed by atoms with E-state index >= 15 is 0 Å². The Morgan fingerprint density at radius 1 is 1.42 bits per heavy atom. The molecule has 0 aliphatic carbocycles. The van der Waals surface area contributed by atoms with Crippen LogP contribution in [0, 0.1) is 6.92 Å². The minimum absolute atomic E-state index is 0.136. The molecule has 1 aliphatic rings. The second kappa shape index (κ2) is 6.71. The largest absolute Gasteiger partial charge is 0.354 e. The highest BCUT2D eigenvalue weighted by Gasteiger charge is 2.23. The first-order valence-electron chi connectivity index (χ1n) is 7.26. The Labute approximate surface area is 116 Å². The molecule has 3 heteroatoms. The third-order valence-corrected chi connectivity index (χ3v) is 4.05. The molecule has 0 radical (unpaired) electrons. The van der Waals surface area contributed by atoms with Crippen molar-refractivity contribution in [3.8, 4) is 0 Å². The molecule has 0 spiro atoms. The van der Waals surface area contributed by atoms with Crippen molar-refractivity contribution in [1.29, 1.82) is 0 Å². The highest BCUT2D eigenvalue weighted by Crippen LogP contribution is 2.15. The molecule has 1 heterocycles. The zero-order valence-corrected chi connectivity index (χ0v) is 12.0. The number of nitrogens with one attached hydrogen (secondary N) is 1. The van der Waals surface area contributed by atoms with Crippen LogP contribution < -0.4 is 5.32 Å². The van der Waals surface area contributed by atoms with E-state index in [0.717, 1.165) is 18.7 Å². The fraction of sp³-hybridized carbons (Fsp3) is 0.562. The van der Waals surface area contributed by atoms with E-state index in [-0.39, 0.29) is 5.91 Å². The Balaban J connectivity index is 1.80. The van der Waals surface area contributed by atoms with Crippen LogP contribution in [0.1, 0.15) is 30.9 Å². The quantitative estimate of drug-likeness (QED) is 0.879. The lowest BCUT2D eigenvalue weighted by atomic mass is 10.1. The number of nitrogens with zero attached hydrogens (tertiary/aromatic N) is 1. The fourth-order valence-corrected chi connectivity index (χ4v) is 2.82. The van der Waals surface area contributed by atoms with Crippen molar-refractivity contribution < 1.29 is 4.79 Å². The molecule has 0 aromatic heterocycles. The topological polar surface area (TPSA) is 32.3 Å². The van der Waals surface area contributed by atoms with E-state index in [4.69, 9.17) is 0 Å². The molecule has 0 unspecified atom stereocenters. The molecule has 1 aliphatic heterocycles. The molecule has 1 amide bonds. The van der Waals surface area contributed by atoms with Crippen LogP contribution in [0.5, 0.6) is 0 Å². The predicted molar refractivity (Wildman–Crippen MR) is 78.2 cm³/mol. The van der Waals surface area contributed by atoms with Gasteiger partial charge in [-0.15, -0.1) is 0 Å². The van der Waals surface area contributed by atoms with Gasteiger partial charge >= 0.3 is 0 Å². The number of hydrogen-bond donors (Lipinski definition) is 1. The van der Waals surface area contributed by atoms with Crippen LogP contribution in [0.4, 0.5) is 0 Å². The van der Waals surface area contributed by atoms with Gasteiger partial charge in [0, 0.05) is 12.6 Å². The van der Waals surface area contributed by atoms with Gasteiger partial charge in [-0.2, -0.15) is 0 Å². The van der Waals surface area contributed by atoms with Crippen molar-refractivity contribution in [2.24, 2.45) is 0 Å². The summed E-state index contributed by atoms with van der Waals surface area (Å²) in [7, 11) is 0. The van der Waals surface area contributed by atoms with Gasteiger partial charge in [0.25, 0.3) is 0 Å². The van der Waals surface area contributed by atoms with Crippen LogP contribution in [0.25, 0.3) is 0 Å². The molecular formula is C16H24N2O. The van der Waals surface area contributed by atoms with Crippen LogP contribution in [-0.2, 0) is 11.2 Å². The molecule has 1 N–H and O–H groups in total. The molecule has 1 aromatic rings. The highest BCUT2D eigenvalue weighted by molar-refractivity contribution is 5.78. The minimum Gasteiger partial charge on any atom is -0.354 e. The first-order valence-corrected chi connectivity index (χ1v) is 7.26. The molecule has 104 valence electrons. The molecule has 0 saturated carbocycles. The lowest BCUT2D eigenvalue weighted by molar-refractivity contribution is -0.120. The van der Waals surface area contributed by atoms with Crippen molar-refractivity contribution >= 4 is 5.91 Å². The number of carbonyl (C=O) groups excluding carboxylic acids is 1. The van der Waals surface area contributed by atoms with E-state index in [1.807, 2.05) is 18.2 Å². The average Bonchev–Trinajstić information content (AvgIpc) is 2.86. The molecule has 0 bridgehead atoms. The Bertz CT molecular complexity index is 431. The van der Waals surface area contributed by atoms with Crippen LogP contribution in [0.2, 0.25) is 0 Å². The summed E-state index contributed by atoms with van der Waals surface area (Å²) >= 11 is 0. The van der Waals surface area contributed by atoms with Gasteiger partial charge < -0.3 is 5.32 Å². The van der Waals surface area contributed by atoms with Crippen LogP contribution in [0.15, 0.2) is 24.3 Å². The van der Waals surface area contributed by atoms with Gasteiger partial charge in [-0.05, 0) is 44.0 Å². The van der Waals surface area contributed by atoms with Gasteiger partial charge in [-0.25, -0.2) is 0 Å². The van der Waals surface area contributed by atoms with Crippen LogP contribution >= 0.6 is 0 Å². The van der Waals surface area contributed by atoms with E-state index < -0.39 is 0 Å². The summed E-state index contributed by atoms with van der Waals surface area (Å²) in [5, 5.41) is 3.08. The molecule has 2 rings (SSSR count). The maximum atomic E-state index is 12.0. The van der Waals surface area contributed by atoms with Crippen molar-refractivity contribution in [3.63, 3.8) is 0 Å². The molecule has 1 atom stereocenters. The summed E-state index contributed by atoms with van der Waals surface area (Å²) in [5.74, 6) is 0.136. The number of benzene rings is 1. The number of carbonyl (C=O) groups is 1. The van der Waals surface area contributed by atoms with Gasteiger partial charge in [0.2, 0.25) is 5.91 Å². The maximum Gasteiger partial charge on any atom is 0.224 e. The van der Waals surface area contributed by atoms with Crippen molar-refractivity contribution in [2.45, 2.75) is 39.2 Å². The van der Waals surface area contributed by atoms with Gasteiger partial charge in [-0.3, -0.25) is 9.69 Å². The number of aryl methyl sites for hydroxylation is 1. The third kappa shape index (κ3) is 3.80. The van der Waals surface area contributed by atoms with Crippen molar-refractivity contribution in [2.75, 3.05) is 19.6 Å². The number of amides is 1. The number of rotatable bonds is 5. The second-order valence-electron chi connectivity index (χ2n) is 5.33. The average molecular weight is 260 g/mol. The molecule has 19 heavy (non-hydrogen) atoms. The van der Waals surface area contributed by atoms with Gasteiger partial charge in [0.15, 0.2) is 0 Å². The summed E-state index contributed by atoms with van der Waals surface area (Å²) in [5.41, 5.74) is 2.31. The van der Waals surface area contributed by atoms with Crippen LogP contribution in [0.3, 0.4) is 0 Å². The van der Waals surface area contributed by atoms with Gasteiger partial charge in [0.1, 0.15) is 0 Å². The summed E-state index contributed by atoms with van der Waals surface area (Å²) in [6.07, 6.45) is 2.95. The summed E-state index contributed by atoms with van der Waals surface area (Å²) in [6, 6.07) is 8.62. The first kappa shape index (κ1) is 14.1. The lowest BCUT2D eigenvalue weighted by Crippen LogP contribution is -2.40. The number of hydrogen-bond acceptors (Lipinski definition) is 2. The van der Waals surface area contributed by atoms with Crippen molar-refractivity contribution in [3.05, 3.63) is 35.4 Å². The van der Waals surface area contributed by atoms with Gasteiger partial charge in [-0.1, -0.05) is 31.2 Å². The normalized spacial score (nSPS) is 19.6. The lowest BCUT2D eigenvalue weighted by Gasteiger charge is -2.22. The zero-order chi connectivity index (χ0) is 13.7. The first-order chi connectivity index (χ1) is 9.20. The minimum atomic E-state index is 0.136. The Hall–Kier alpha value is -1.35. The predicted octanol–water partition coefficient (Wildman–Crippen LogP) is 2.14. The fourth-order valence-electron chi connectivity index (χ4n) is 2.82. The number of likely N-dealkylation sites (tertiary alicyclic amines) is 1. The molecule has 1 saturated heterocycles. The Morgan fingerprint density at radius 3 is 2.95 bits per heavy atom. The highest BCUT2D eigenvalue weighted by atomic mass is 16.1. The molecular weight excluding hydrogens is 236 g/mol.